The molecule has 0 aliphatic rings. The second kappa shape index (κ2) is 10.5. The third-order valence-corrected chi connectivity index (χ3v) is 5.34. The lowest BCUT2D eigenvalue weighted by atomic mass is 10.0. The number of anilines is 1. The summed E-state index contributed by atoms with van der Waals surface area (Å²) in [4.78, 5) is 24.4. The van der Waals surface area contributed by atoms with Crippen LogP contribution in [0.5, 0.6) is 0 Å². The molecule has 0 aromatic carbocycles. The molecule has 0 saturated carbocycles. The minimum atomic E-state index is -0.524. The van der Waals surface area contributed by atoms with Crippen LogP contribution in [0.25, 0.3) is 0 Å². The van der Waals surface area contributed by atoms with Crippen LogP contribution < -0.4 is 10.6 Å². The summed E-state index contributed by atoms with van der Waals surface area (Å²) >= 11 is 6.49. The van der Waals surface area contributed by atoms with E-state index >= 15 is 0 Å². The van der Waals surface area contributed by atoms with E-state index in [4.69, 9.17) is 21.7 Å². The van der Waals surface area contributed by atoms with Crippen molar-refractivity contribution in [2.75, 3.05) is 19.5 Å². The van der Waals surface area contributed by atoms with E-state index in [9.17, 15) is 9.59 Å². The van der Waals surface area contributed by atoms with E-state index < -0.39 is 11.9 Å². The topological polar surface area (TPSA) is 76.7 Å². The zero-order valence-corrected chi connectivity index (χ0v) is 17.9. The molecule has 0 aliphatic carbocycles. The van der Waals surface area contributed by atoms with Crippen LogP contribution >= 0.6 is 23.6 Å². The fourth-order valence-corrected chi connectivity index (χ4v) is 3.99. The standard InChI is InChI=1S/C18H28N2O4S2/c1-10(2)8-7-9-11(3)19-18(25)20-15-13(16(21)23-5)12(4)14(26-15)17(22)24-6/h10-11H,7-9H2,1-6H3,(H2,19,20,25). The highest BCUT2D eigenvalue weighted by atomic mass is 32.1. The Kier molecular flexibility index (Phi) is 9.01. The van der Waals surface area contributed by atoms with Gasteiger partial charge in [0.25, 0.3) is 0 Å². The van der Waals surface area contributed by atoms with Crippen LogP contribution in [-0.2, 0) is 9.47 Å². The summed E-state index contributed by atoms with van der Waals surface area (Å²) in [6, 6.07) is 0.205. The molecule has 0 bridgehead atoms. The first-order chi connectivity index (χ1) is 12.2. The number of rotatable bonds is 8. The molecular weight excluding hydrogens is 372 g/mol. The summed E-state index contributed by atoms with van der Waals surface area (Å²) in [7, 11) is 2.60. The fourth-order valence-electron chi connectivity index (χ4n) is 2.50. The number of thiophene rings is 1. The first kappa shape index (κ1) is 22.4. The van der Waals surface area contributed by atoms with E-state index in [-0.39, 0.29) is 6.04 Å². The Morgan fingerprint density at radius 1 is 1.12 bits per heavy atom. The number of ether oxygens (including phenoxy) is 2. The van der Waals surface area contributed by atoms with Crippen LogP contribution in [0.4, 0.5) is 5.00 Å². The van der Waals surface area contributed by atoms with Crippen LogP contribution in [0.15, 0.2) is 0 Å². The maximum absolute atomic E-state index is 12.1. The average Bonchev–Trinajstić information content (AvgIpc) is 2.89. The van der Waals surface area contributed by atoms with E-state index in [1.54, 1.807) is 6.92 Å². The van der Waals surface area contributed by atoms with Crippen molar-refractivity contribution in [3.63, 3.8) is 0 Å². The molecule has 1 atom stereocenters. The maximum atomic E-state index is 12.1. The first-order valence-corrected chi connectivity index (χ1v) is 9.81. The van der Waals surface area contributed by atoms with Gasteiger partial charge < -0.3 is 20.1 Å². The van der Waals surface area contributed by atoms with Gasteiger partial charge in [0.2, 0.25) is 0 Å². The van der Waals surface area contributed by atoms with Crippen molar-refractivity contribution in [2.45, 2.75) is 53.0 Å². The van der Waals surface area contributed by atoms with Crippen molar-refractivity contribution in [3.05, 3.63) is 16.0 Å². The normalized spacial score (nSPS) is 11.8. The van der Waals surface area contributed by atoms with E-state index in [1.807, 2.05) is 0 Å². The number of esters is 2. The number of carbonyl (C=O) groups is 2. The monoisotopic (exact) mass is 400 g/mol. The number of hydrogen-bond donors (Lipinski definition) is 2. The molecule has 0 radical (unpaired) electrons. The molecule has 0 amide bonds. The summed E-state index contributed by atoms with van der Waals surface area (Å²) in [5, 5.41) is 7.12. The van der Waals surface area contributed by atoms with Gasteiger partial charge in [0.1, 0.15) is 9.88 Å². The third kappa shape index (κ3) is 6.25. The molecule has 2 N–H and O–H groups in total. The lowest BCUT2D eigenvalue weighted by molar-refractivity contribution is 0.0601. The molecule has 146 valence electrons. The Balaban J connectivity index is 2.86. The fraction of sp³-hybridized carbons (Fsp3) is 0.611. The lowest BCUT2D eigenvalue weighted by Gasteiger charge is -2.17. The quantitative estimate of drug-likeness (QED) is 0.502. The predicted molar refractivity (Wildman–Crippen MR) is 109 cm³/mol. The largest absolute Gasteiger partial charge is 0.465 e. The van der Waals surface area contributed by atoms with E-state index in [2.05, 4.69) is 31.4 Å². The Hall–Kier alpha value is -1.67. The van der Waals surface area contributed by atoms with Crippen molar-refractivity contribution in [1.29, 1.82) is 0 Å². The van der Waals surface area contributed by atoms with Crippen LogP contribution in [0.2, 0.25) is 0 Å². The van der Waals surface area contributed by atoms with Crippen LogP contribution in [0, 0.1) is 12.8 Å². The summed E-state index contributed by atoms with van der Waals surface area (Å²) in [5.41, 5.74) is 0.818. The average molecular weight is 401 g/mol. The van der Waals surface area contributed by atoms with Crippen molar-refractivity contribution in [1.82, 2.24) is 5.32 Å². The van der Waals surface area contributed by atoms with Crippen molar-refractivity contribution >= 4 is 45.6 Å². The molecule has 6 nitrogen and oxygen atoms in total. The highest BCUT2D eigenvalue weighted by Gasteiger charge is 2.26. The van der Waals surface area contributed by atoms with Crippen molar-refractivity contribution in [2.24, 2.45) is 5.92 Å². The van der Waals surface area contributed by atoms with Gasteiger partial charge in [0.15, 0.2) is 5.11 Å². The number of methoxy groups -OCH3 is 2. The van der Waals surface area contributed by atoms with Crippen LogP contribution in [0.3, 0.4) is 0 Å². The van der Waals surface area contributed by atoms with Gasteiger partial charge in [-0.3, -0.25) is 0 Å². The molecule has 0 fully saturated rings. The van der Waals surface area contributed by atoms with Gasteiger partial charge in [-0.2, -0.15) is 0 Å². The molecule has 0 spiro atoms. The summed E-state index contributed by atoms with van der Waals surface area (Å²) in [6.45, 7) is 8.16. The molecular formula is C18H28N2O4S2. The van der Waals surface area contributed by atoms with Gasteiger partial charge in [0, 0.05) is 6.04 Å². The summed E-state index contributed by atoms with van der Waals surface area (Å²) in [6.07, 6.45) is 3.29. The summed E-state index contributed by atoms with van der Waals surface area (Å²) < 4.78 is 9.61. The highest BCUT2D eigenvalue weighted by Crippen LogP contribution is 2.34. The molecule has 8 heteroatoms. The summed E-state index contributed by atoms with van der Waals surface area (Å²) in [5.74, 6) is -0.337. The molecule has 26 heavy (non-hydrogen) atoms. The Morgan fingerprint density at radius 2 is 1.73 bits per heavy atom. The molecule has 0 aliphatic heterocycles. The second-order valence-electron chi connectivity index (χ2n) is 6.57. The minimum Gasteiger partial charge on any atom is -0.465 e. The minimum absolute atomic E-state index is 0.205. The van der Waals surface area contributed by atoms with E-state index in [0.717, 1.165) is 24.2 Å². The maximum Gasteiger partial charge on any atom is 0.348 e. The number of thiocarbonyl (C=S) groups is 1. The zero-order chi connectivity index (χ0) is 19.9. The SMILES string of the molecule is COC(=O)c1sc(NC(=S)NC(C)CCCC(C)C)c(C(=O)OC)c1C. The smallest absolute Gasteiger partial charge is 0.348 e. The molecule has 1 aromatic rings. The molecule has 1 aromatic heterocycles. The Labute approximate surface area is 164 Å². The van der Waals surface area contributed by atoms with Crippen LogP contribution in [0.1, 0.15) is 65.6 Å². The zero-order valence-electron chi connectivity index (χ0n) is 16.2. The van der Waals surface area contributed by atoms with Gasteiger partial charge in [0.05, 0.1) is 19.8 Å². The Bertz CT molecular complexity index is 656. The second-order valence-corrected chi connectivity index (χ2v) is 8.00. The highest BCUT2D eigenvalue weighted by molar-refractivity contribution is 7.80. The van der Waals surface area contributed by atoms with Crippen LogP contribution in [-0.4, -0.2) is 37.3 Å². The van der Waals surface area contributed by atoms with Gasteiger partial charge in [-0.05, 0) is 44.0 Å². The molecule has 1 rings (SSSR count). The number of nitrogens with one attached hydrogen (secondary N) is 2. The van der Waals surface area contributed by atoms with Gasteiger partial charge in [-0.25, -0.2) is 9.59 Å². The van der Waals surface area contributed by atoms with Gasteiger partial charge in [-0.15, -0.1) is 11.3 Å². The van der Waals surface area contributed by atoms with Crippen molar-refractivity contribution in [3.8, 4) is 0 Å². The number of carbonyl (C=O) groups excluding carboxylic acids is 2. The Morgan fingerprint density at radius 3 is 2.27 bits per heavy atom. The van der Waals surface area contributed by atoms with Gasteiger partial charge in [-0.1, -0.05) is 26.7 Å². The van der Waals surface area contributed by atoms with Gasteiger partial charge >= 0.3 is 11.9 Å². The van der Waals surface area contributed by atoms with Crippen molar-refractivity contribution < 1.29 is 19.1 Å². The first-order valence-electron chi connectivity index (χ1n) is 8.58. The predicted octanol–water partition coefficient (Wildman–Crippen LogP) is 4.13. The van der Waals surface area contributed by atoms with E-state index in [0.29, 0.717) is 32.0 Å². The number of hydrogen-bond acceptors (Lipinski definition) is 6. The molecule has 0 saturated heterocycles. The molecule has 1 unspecified atom stereocenters. The third-order valence-electron chi connectivity index (χ3n) is 3.93. The van der Waals surface area contributed by atoms with E-state index in [1.165, 1.54) is 20.6 Å². The molecule has 1 heterocycles. The lowest BCUT2D eigenvalue weighted by Crippen LogP contribution is -2.36.